The number of carbonyl (C=O) groups excluding carboxylic acids is 2. The molecule has 2 aromatic rings. The van der Waals surface area contributed by atoms with Crippen LogP contribution in [0.4, 0.5) is 4.39 Å². The summed E-state index contributed by atoms with van der Waals surface area (Å²) in [5.41, 5.74) is 0.226. The summed E-state index contributed by atoms with van der Waals surface area (Å²) in [7, 11) is 1.45. The number of aromatic nitrogens is 2. The molecule has 8 heteroatoms. The van der Waals surface area contributed by atoms with E-state index in [-0.39, 0.29) is 28.9 Å². The summed E-state index contributed by atoms with van der Waals surface area (Å²) < 4.78 is 18.8. The number of likely N-dealkylation sites (tertiary alicyclic amines) is 1. The maximum absolute atomic E-state index is 13.6. The van der Waals surface area contributed by atoms with Crippen molar-refractivity contribution in [2.24, 2.45) is 5.92 Å². The standard InChI is InChI=1S/C19H20FN3O3S/c1-26-16-6-5-14(20)10-15(16)18(25)13-4-2-9-23(11-13)17(24)12-27-19-21-7-3-8-22-19/h3,5-8,10,13H,2,4,9,11-12H2,1H3/t13-/m1/s1. The minimum Gasteiger partial charge on any atom is -0.496 e. The molecule has 1 aromatic heterocycles. The number of halogens is 1. The Labute approximate surface area is 161 Å². The molecule has 0 unspecified atom stereocenters. The van der Waals surface area contributed by atoms with Crippen molar-refractivity contribution in [1.82, 2.24) is 14.9 Å². The highest BCUT2D eigenvalue weighted by Crippen LogP contribution is 2.27. The number of Topliss-reactive ketones (excluding diaryl/α,β-unsaturated/α-hetero) is 1. The average molecular weight is 389 g/mol. The van der Waals surface area contributed by atoms with Gasteiger partial charge in [0.25, 0.3) is 0 Å². The van der Waals surface area contributed by atoms with Gasteiger partial charge in [-0.15, -0.1) is 0 Å². The summed E-state index contributed by atoms with van der Waals surface area (Å²) in [6, 6.07) is 5.62. The Morgan fingerprint density at radius 2 is 2.11 bits per heavy atom. The number of carbonyl (C=O) groups is 2. The zero-order chi connectivity index (χ0) is 19.2. The van der Waals surface area contributed by atoms with Gasteiger partial charge < -0.3 is 9.64 Å². The monoisotopic (exact) mass is 389 g/mol. The molecule has 0 radical (unpaired) electrons. The molecular formula is C19H20FN3O3S. The number of amides is 1. The van der Waals surface area contributed by atoms with E-state index in [0.717, 1.165) is 6.42 Å². The molecule has 0 N–H and O–H groups in total. The van der Waals surface area contributed by atoms with Gasteiger partial charge in [-0.25, -0.2) is 14.4 Å². The van der Waals surface area contributed by atoms with Crippen LogP contribution in [0.5, 0.6) is 5.75 Å². The molecule has 27 heavy (non-hydrogen) atoms. The zero-order valence-corrected chi connectivity index (χ0v) is 15.7. The molecule has 0 spiro atoms. The molecule has 1 aromatic carbocycles. The van der Waals surface area contributed by atoms with Crippen molar-refractivity contribution in [3.63, 3.8) is 0 Å². The summed E-state index contributed by atoms with van der Waals surface area (Å²) in [6.45, 7) is 0.937. The van der Waals surface area contributed by atoms with Gasteiger partial charge >= 0.3 is 0 Å². The SMILES string of the molecule is COc1ccc(F)cc1C(=O)[C@@H]1CCCN(C(=O)CSc2ncccn2)C1. The number of thioether (sulfide) groups is 1. The van der Waals surface area contributed by atoms with Crippen molar-refractivity contribution in [3.05, 3.63) is 48.0 Å². The fraction of sp³-hybridized carbons (Fsp3) is 0.368. The van der Waals surface area contributed by atoms with Gasteiger partial charge in [-0.3, -0.25) is 9.59 Å². The van der Waals surface area contributed by atoms with E-state index in [1.807, 2.05) is 0 Å². The Morgan fingerprint density at radius 1 is 1.33 bits per heavy atom. The number of rotatable bonds is 6. The van der Waals surface area contributed by atoms with Crippen LogP contribution in [0.25, 0.3) is 0 Å². The van der Waals surface area contributed by atoms with Gasteiger partial charge in [0.15, 0.2) is 10.9 Å². The fourth-order valence-corrected chi connectivity index (χ4v) is 3.79. The van der Waals surface area contributed by atoms with Crippen LogP contribution in [0, 0.1) is 11.7 Å². The van der Waals surface area contributed by atoms with Gasteiger partial charge in [0, 0.05) is 31.4 Å². The molecule has 1 aliphatic heterocycles. The first-order chi connectivity index (χ1) is 13.1. The van der Waals surface area contributed by atoms with Gasteiger partial charge in [-0.2, -0.15) is 0 Å². The number of hydrogen-bond acceptors (Lipinski definition) is 6. The largest absolute Gasteiger partial charge is 0.496 e. The molecule has 0 aliphatic carbocycles. The van der Waals surface area contributed by atoms with E-state index in [1.165, 1.54) is 37.1 Å². The van der Waals surface area contributed by atoms with Crippen LogP contribution in [0.2, 0.25) is 0 Å². The van der Waals surface area contributed by atoms with Gasteiger partial charge in [0.1, 0.15) is 11.6 Å². The Hall–Kier alpha value is -2.48. The normalized spacial score (nSPS) is 16.8. The average Bonchev–Trinajstić information content (AvgIpc) is 2.72. The maximum Gasteiger partial charge on any atom is 0.233 e. The minimum atomic E-state index is -0.484. The van der Waals surface area contributed by atoms with Crippen molar-refractivity contribution in [2.75, 3.05) is 26.0 Å². The molecule has 1 atom stereocenters. The highest BCUT2D eigenvalue weighted by Gasteiger charge is 2.30. The lowest BCUT2D eigenvalue weighted by Crippen LogP contribution is -2.43. The van der Waals surface area contributed by atoms with E-state index in [0.29, 0.717) is 30.4 Å². The predicted octanol–water partition coefficient (Wildman–Crippen LogP) is 2.84. The molecule has 6 nitrogen and oxygen atoms in total. The van der Waals surface area contributed by atoms with Gasteiger partial charge in [-0.1, -0.05) is 11.8 Å². The van der Waals surface area contributed by atoms with E-state index in [1.54, 1.807) is 23.4 Å². The van der Waals surface area contributed by atoms with Gasteiger partial charge in [-0.05, 0) is 37.1 Å². The molecule has 142 valence electrons. The number of ketones is 1. The number of hydrogen-bond donors (Lipinski definition) is 0. The smallest absolute Gasteiger partial charge is 0.233 e. The first kappa shape index (κ1) is 19.3. The third-order valence-corrected chi connectivity index (χ3v) is 5.30. The van der Waals surface area contributed by atoms with Crippen LogP contribution >= 0.6 is 11.8 Å². The van der Waals surface area contributed by atoms with Crippen LogP contribution in [-0.2, 0) is 4.79 Å². The summed E-state index contributed by atoms with van der Waals surface area (Å²) in [6.07, 6.45) is 4.65. The number of benzene rings is 1. The summed E-state index contributed by atoms with van der Waals surface area (Å²) in [5.74, 6) is -0.534. The lowest BCUT2D eigenvalue weighted by molar-refractivity contribution is -0.129. The summed E-state index contributed by atoms with van der Waals surface area (Å²) in [4.78, 5) is 35.2. The molecule has 0 bridgehead atoms. The van der Waals surface area contributed by atoms with E-state index < -0.39 is 5.82 Å². The van der Waals surface area contributed by atoms with Gasteiger partial charge in [0.2, 0.25) is 5.91 Å². The van der Waals surface area contributed by atoms with E-state index in [4.69, 9.17) is 4.74 Å². The third kappa shape index (κ3) is 4.82. The molecular weight excluding hydrogens is 369 g/mol. The number of piperidine rings is 1. The quantitative estimate of drug-likeness (QED) is 0.430. The van der Waals surface area contributed by atoms with E-state index >= 15 is 0 Å². The van der Waals surface area contributed by atoms with E-state index in [9.17, 15) is 14.0 Å². The second-order valence-electron chi connectivity index (χ2n) is 6.21. The van der Waals surface area contributed by atoms with Crippen LogP contribution in [-0.4, -0.2) is 52.5 Å². The van der Waals surface area contributed by atoms with Crippen LogP contribution in [0.1, 0.15) is 23.2 Å². The lowest BCUT2D eigenvalue weighted by atomic mass is 9.89. The second-order valence-corrected chi connectivity index (χ2v) is 7.15. The highest BCUT2D eigenvalue weighted by molar-refractivity contribution is 7.99. The molecule has 1 aliphatic rings. The van der Waals surface area contributed by atoms with Crippen molar-refractivity contribution >= 4 is 23.5 Å². The highest BCUT2D eigenvalue weighted by atomic mass is 32.2. The van der Waals surface area contributed by atoms with Crippen molar-refractivity contribution in [3.8, 4) is 5.75 Å². The molecule has 3 rings (SSSR count). The fourth-order valence-electron chi connectivity index (χ4n) is 3.09. The molecule has 0 saturated carbocycles. The van der Waals surface area contributed by atoms with E-state index in [2.05, 4.69) is 9.97 Å². The summed E-state index contributed by atoms with van der Waals surface area (Å²) in [5, 5.41) is 0.542. The van der Waals surface area contributed by atoms with Crippen molar-refractivity contribution < 1.29 is 18.7 Å². The minimum absolute atomic E-state index is 0.0591. The number of ether oxygens (including phenoxy) is 1. The molecule has 2 heterocycles. The van der Waals surface area contributed by atoms with Crippen molar-refractivity contribution in [2.45, 2.75) is 18.0 Å². The third-order valence-electron chi connectivity index (χ3n) is 4.44. The number of nitrogens with zero attached hydrogens (tertiary/aromatic N) is 3. The Bertz CT molecular complexity index is 819. The van der Waals surface area contributed by atoms with Crippen LogP contribution in [0.15, 0.2) is 41.8 Å². The second kappa shape index (κ2) is 8.94. The predicted molar refractivity (Wildman–Crippen MR) is 99.3 cm³/mol. The molecule has 1 fully saturated rings. The lowest BCUT2D eigenvalue weighted by Gasteiger charge is -2.32. The maximum atomic E-state index is 13.6. The molecule has 1 amide bonds. The first-order valence-corrected chi connectivity index (χ1v) is 9.62. The van der Waals surface area contributed by atoms with Crippen molar-refractivity contribution in [1.29, 1.82) is 0 Å². The van der Waals surface area contributed by atoms with Crippen LogP contribution < -0.4 is 4.74 Å². The van der Waals surface area contributed by atoms with Crippen LogP contribution in [0.3, 0.4) is 0 Å². The first-order valence-electron chi connectivity index (χ1n) is 8.64. The Balaban J connectivity index is 1.64. The molecule has 1 saturated heterocycles. The summed E-state index contributed by atoms with van der Waals surface area (Å²) >= 11 is 1.27. The Kier molecular flexibility index (Phi) is 6.39. The Morgan fingerprint density at radius 3 is 2.85 bits per heavy atom. The van der Waals surface area contributed by atoms with Gasteiger partial charge in [0.05, 0.1) is 18.4 Å². The topological polar surface area (TPSA) is 72.4 Å². The number of methoxy groups -OCH3 is 1. The zero-order valence-electron chi connectivity index (χ0n) is 14.9.